The summed E-state index contributed by atoms with van der Waals surface area (Å²) < 4.78 is 7.26. The Morgan fingerprint density at radius 1 is 1.10 bits per heavy atom. The molecule has 0 saturated carbocycles. The number of hydrogen-bond donors (Lipinski definition) is 1. The first-order valence-corrected chi connectivity index (χ1v) is 10.2. The van der Waals surface area contributed by atoms with E-state index in [1.807, 2.05) is 68.4 Å². The highest BCUT2D eigenvalue weighted by Gasteiger charge is 2.21. The molecule has 0 radical (unpaired) electrons. The van der Waals surface area contributed by atoms with Gasteiger partial charge in [0, 0.05) is 23.4 Å². The zero-order chi connectivity index (χ0) is 21.8. The van der Waals surface area contributed by atoms with E-state index in [4.69, 9.17) is 4.74 Å². The molecule has 4 rings (SSSR count). The third kappa shape index (κ3) is 4.26. The predicted octanol–water partition coefficient (Wildman–Crippen LogP) is 3.59. The number of ether oxygens (including phenoxy) is 1. The number of carbonyl (C=O) groups is 1. The van der Waals surface area contributed by atoms with Crippen LogP contribution in [0.25, 0.3) is 5.78 Å². The topological polar surface area (TPSA) is 81.4 Å². The fourth-order valence-corrected chi connectivity index (χ4v) is 3.88. The first-order chi connectivity index (χ1) is 15.1. The lowest BCUT2D eigenvalue weighted by Crippen LogP contribution is -2.30. The predicted molar refractivity (Wildman–Crippen MR) is 118 cm³/mol. The van der Waals surface area contributed by atoms with Crippen LogP contribution in [0.1, 0.15) is 40.5 Å². The lowest BCUT2D eigenvalue weighted by atomic mass is 9.97. The molecule has 0 saturated heterocycles. The average molecular weight is 415 g/mol. The van der Waals surface area contributed by atoms with Crippen LogP contribution in [0.4, 0.5) is 0 Å². The third-order valence-corrected chi connectivity index (χ3v) is 5.48. The van der Waals surface area contributed by atoms with Crippen molar-refractivity contribution >= 4 is 11.7 Å². The van der Waals surface area contributed by atoms with Gasteiger partial charge in [0.25, 0.3) is 5.78 Å². The monoisotopic (exact) mass is 415 g/mol. The van der Waals surface area contributed by atoms with Gasteiger partial charge in [-0.25, -0.2) is 9.50 Å². The molecule has 0 unspecified atom stereocenters. The Labute approximate surface area is 181 Å². The summed E-state index contributed by atoms with van der Waals surface area (Å²) in [6.45, 7) is 3.92. The molecule has 0 aliphatic rings. The molecule has 0 spiro atoms. The van der Waals surface area contributed by atoms with Gasteiger partial charge < -0.3 is 10.1 Å². The van der Waals surface area contributed by atoms with Gasteiger partial charge in [-0.3, -0.25) is 4.79 Å². The maximum Gasteiger partial charge on any atom is 0.252 e. The second-order valence-corrected chi connectivity index (χ2v) is 7.39. The quantitative estimate of drug-likeness (QED) is 0.499. The van der Waals surface area contributed by atoms with E-state index >= 15 is 0 Å². The van der Waals surface area contributed by atoms with Gasteiger partial charge in [0.2, 0.25) is 5.91 Å². The molecule has 0 bridgehead atoms. The first-order valence-electron chi connectivity index (χ1n) is 10.2. The summed E-state index contributed by atoms with van der Waals surface area (Å²) in [4.78, 5) is 21.6. The van der Waals surface area contributed by atoms with E-state index < -0.39 is 0 Å². The molecule has 0 aliphatic heterocycles. The molecular weight excluding hydrogens is 390 g/mol. The van der Waals surface area contributed by atoms with Gasteiger partial charge in [0.15, 0.2) is 0 Å². The number of fused-ring (bicyclic) bond motifs is 1. The lowest BCUT2D eigenvalue weighted by Gasteiger charge is -2.22. The molecule has 31 heavy (non-hydrogen) atoms. The van der Waals surface area contributed by atoms with Gasteiger partial charge in [-0.05, 0) is 37.5 Å². The van der Waals surface area contributed by atoms with E-state index in [0.717, 1.165) is 33.8 Å². The number of hydrogen-bond acceptors (Lipinski definition) is 5. The van der Waals surface area contributed by atoms with E-state index in [2.05, 4.69) is 20.4 Å². The van der Waals surface area contributed by atoms with Crippen LogP contribution in [0.5, 0.6) is 5.75 Å². The van der Waals surface area contributed by atoms with Crippen LogP contribution in [0.3, 0.4) is 0 Å². The van der Waals surface area contributed by atoms with E-state index in [-0.39, 0.29) is 11.9 Å². The molecule has 4 aromatic rings. The molecule has 1 N–H and O–H groups in total. The summed E-state index contributed by atoms with van der Waals surface area (Å²) in [5.41, 5.74) is 4.76. The van der Waals surface area contributed by atoms with Gasteiger partial charge in [-0.15, -0.1) is 0 Å². The maximum atomic E-state index is 13.0. The Morgan fingerprint density at radius 2 is 1.84 bits per heavy atom. The van der Waals surface area contributed by atoms with Crippen LogP contribution < -0.4 is 10.1 Å². The third-order valence-electron chi connectivity index (χ3n) is 5.48. The van der Waals surface area contributed by atoms with Gasteiger partial charge in [-0.1, -0.05) is 48.5 Å². The Hall–Kier alpha value is -3.74. The van der Waals surface area contributed by atoms with Crippen molar-refractivity contribution in [2.75, 3.05) is 7.11 Å². The number of aromatic nitrogens is 4. The minimum Gasteiger partial charge on any atom is -0.496 e. The van der Waals surface area contributed by atoms with E-state index in [0.29, 0.717) is 18.6 Å². The number of amides is 1. The maximum absolute atomic E-state index is 13.0. The number of benzene rings is 2. The van der Waals surface area contributed by atoms with E-state index in [9.17, 15) is 4.79 Å². The second-order valence-electron chi connectivity index (χ2n) is 7.39. The van der Waals surface area contributed by atoms with Crippen molar-refractivity contribution in [2.24, 2.45) is 0 Å². The smallest absolute Gasteiger partial charge is 0.252 e. The Morgan fingerprint density at radius 3 is 2.61 bits per heavy atom. The number of nitrogens with zero attached hydrogens (tertiary/aromatic N) is 4. The second kappa shape index (κ2) is 8.95. The van der Waals surface area contributed by atoms with Gasteiger partial charge in [0.05, 0.1) is 13.2 Å². The van der Waals surface area contributed by atoms with Crippen molar-refractivity contribution in [3.8, 4) is 5.75 Å². The van der Waals surface area contributed by atoms with Crippen molar-refractivity contribution in [1.82, 2.24) is 24.9 Å². The van der Waals surface area contributed by atoms with Crippen molar-refractivity contribution in [2.45, 2.75) is 32.7 Å². The molecule has 2 aromatic carbocycles. The average Bonchev–Trinajstić information content (AvgIpc) is 3.26. The van der Waals surface area contributed by atoms with Gasteiger partial charge in [-0.2, -0.15) is 10.1 Å². The van der Waals surface area contributed by atoms with Crippen molar-refractivity contribution in [3.63, 3.8) is 0 Å². The number of methoxy groups -OCH3 is 1. The Bertz CT molecular complexity index is 1200. The number of rotatable bonds is 7. The van der Waals surface area contributed by atoms with Crippen LogP contribution >= 0.6 is 0 Å². The molecule has 2 heterocycles. The Kier molecular flexibility index (Phi) is 5.93. The zero-order valence-corrected chi connectivity index (χ0v) is 17.9. The van der Waals surface area contributed by atoms with Gasteiger partial charge >= 0.3 is 0 Å². The minimum absolute atomic E-state index is 0.0442. The fourth-order valence-electron chi connectivity index (χ4n) is 3.88. The molecule has 1 atom stereocenters. The highest BCUT2D eigenvalue weighted by Crippen LogP contribution is 2.30. The molecule has 158 valence electrons. The molecule has 1 amide bonds. The summed E-state index contributed by atoms with van der Waals surface area (Å²) in [5.74, 6) is 1.27. The summed E-state index contributed by atoms with van der Waals surface area (Å²) in [6, 6.07) is 17.4. The number of nitrogens with one attached hydrogen (secondary N) is 1. The molecule has 7 heteroatoms. The Balaban J connectivity index is 1.56. The number of carbonyl (C=O) groups excluding carboxylic acids is 1. The van der Waals surface area contributed by atoms with Crippen LogP contribution in [-0.4, -0.2) is 32.6 Å². The number of para-hydroxylation sites is 1. The molecular formula is C24H25N5O2. The van der Waals surface area contributed by atoms with E-state index in [1.165, 1.54) is 6.33 Å². The standard InChI is InChI=1S/C24H25N5O2/c1-16-19(17(2)29-24(27-16)25-15-26-29)13-14-22(30)28-23(18-9-5-4-6-10-18)20-11-7-8-12-21(20)31-3/h4-12,15,23H,13-14H2,1-3H3,(H,28,30)/t23-/m1/s1. The minimum atomic E-state index is -0.303. The highest BCUT2D eigenvalue weighted by atomic mass is 16.5. The number of aryl methyl sites for hydroxylation is 2. The van der Waals surface area contributed by atoms with Gasteiger partial charge in [0.1, 0.15) is 12.1 Å². The SMILES string of the molecule is COc1ccccc1[C@H](NC(=O)CCc1c(C)nc2ncnn2c1C)c1ccccc1. The molecule has 2 aromatic heterocycles. The summed E-state index contributed by atoms with van der Waals surface area (Å²) >= 11 is 0. The summed E-state index contributed by atoms with van der Waals surface area (Å²) in [5, 5.41) is 7.41. The van der Waals surface area contributed by atoms with Crippen LogP contribution in [0.2, 0.25) is 0 Å². The van der Waals surface area contributed by atoms with Crippen LogP contribution in [-0.2, 0) is 11.2 Å². The molecule has 0 aliphatic carbocycles. The molecule has 0 fully saturated rings. The van der Waals surface area contributed by atoms with E-state index in [1.54, 1.807) is 11.6 Å². The highest BCUT2D eigenvalue weighted by molar-refractivity contribution is 5.77. The zero-order valence-electron chi connectivity index (χ0n) is 17.9. The van der Waals surface area contributed by atoms with Crippen LogP contribution in [0.15, 0.2) is 60.9 Å². The summed E-state index contributed by atoms with van der Waals surface area (Å²) in [7, 11) is 1.64. The van der Waals surface area contributed by atoms with Crippen molar-refractivity contribution in [1.29, 1.82) is 0 Å². The van der Waals surface area contributed by atoms with Crippen molar-refractivity contribution < 1.29 is 9.53 Å². The van der Waals surface area contributed by atoms with Crippen molar-refractivity contribution in [3.05, 3.63) is 89.0 Å². The fraction of sp³-hybridized carbons (Fsp3) is 0.250. The molecule has 7 nitrogen and oxygen atoms in total. The van der Waals surface area contributed by atoms with Crippen LogP contribution in [0, 0.1) is 13.8 Å². The lowest BCUT2D eigenvalue weighted by molar-refractivity contribution is -0.121. The normalized spacial score (nSPS) is 12.0. The largest absolute Gasteiger partial charge is 0.496 e. The first kappa shape index (κ1) is 20.5. The summed E-state index contributed by atoms with van der Waals surface area (Å²) in [6.07, 6.45) is 2.39.